The number of benzene rings is 2. The molecule has 0 spiro atoms. The number of anilines is 3. The van der Waals surface area contributed by atoms with Crippen LogP contribution in [0.25, 0.3) is 0 Å². The quantitative estimate of drug-likeness (QED) is 0.577. The molecule has 0 aliphatic carbocycles. The van der Waals surface area contributed by atoms with Gasteiger partial charge in [-0.15, -0.1) is 0 Å². The van der Waals surface area contributed by atoms with E-state index in [1.165, 1.54) is 6.33 Å². The largest absolute Gasteiger partial charge is 0.483 e. The highest BCUT2D eigenvalue weighted by Gasteiger charge is 2.11. The molecule has 0 aliphatic heterocycles. The minimum absolute atomic E-state index is 0.0460. The van der Waals surface area contributed by atoms with Crippen molar-refractivity contribution in [1.82, 2.24) is 9.97 Å². The number of carbonyl (C=O) groups excluding carboxylic acids is 1. The maximum absolute atomic E-state index is 12.6. The van der Waals surface area contributed by atoms with Crippen molar-refractivity contribution in [3.05, 3.63) is 70.7 Å². The molecular formula is C24H28N4O2. The molecule has 30 heavy (non-hydrogen) atoms. The zero-order valence-electron chi connectivity index (χ0n) is 18.2. The molecule has 3 aromatic rings. The van der Waals surface area contributed by atoms with Gasteiger partial charge >= 0.3 is 0 Å². The van der Waals surface area contributed by atoms with Gasteiger partial charge in [-0.25, -0.2) is 9.97 Å². The SMILES string of the molecule is CCc1ccc(Nc2cc(C)ncn2)cc1NC(=O)COc1cc(C)cc(C)c1C. The lowest BCUT2D eigenvalue weighted by Gasteiger charge is -2.15. The van der Waals surface area contributed by atoms with Crippen LogP contribution in [-0.2, 0) is 11.2 Å². The molecule has 0 fully saturated rings. The number of carbonyl (C=O) groups is 1. The van der Waals surface area contributed by atoms with Gasteiger partial charge in [0.15, 0.2) is 6.61 Å². The molecule has 1 heterocycles. The van der Waals surface area contributed by atoms with E-state index in [1.54, 1.807) is 0 Å². The number of aryl methyl sites for hydroxylation is 4. The zero-order chi connectivity index (χ0) is 21.7. The van der Waals surface area contributed by atoms with Crippen LogP contribution < -0.4 is 15.4 Å². The molecule has 0 saturated heterocycles. The highest BCUT2D eigenvalue weighted by atomic mass is 16.5. The first-order valence-corrected chi connectivity index (χ1v) is 10.0. The molecule has 0 aliphatic rings. The number of hydrogen-bond acceptors (Lipinski definition) is 5. The Hall–Kier alpha value is -3.41. The van der Waals surface area contributed by atoms with Gasteiger partial charge in [-0.3, -0.25) is 4.79 Å². The number of nitrogens with one attached hydrogen (secondary N) is 2. The Kier molecular flexibility index (Phi) is 6.67. The van der Waals surface area contributed by atoms with Crippen molar-refractivity contribution < 1.29 is 9.53 Å². The van der Waals surface area contributed by atoms with Crippen LogP contribution in [0, 0.1) is 27.7 Å². The zero-order valence-corrected chi connectivity index (χ0v) is 18.2. The minimum atomic E-state index is -0.196. The fourth-order valence-electron chi connectivity index (χ4n) is 3.23. The fourth-order valence-corrected chi connectivity index (χ4v) is 3.23. The van der Waals surface area contributed by atoms with E-state index in [0.29, 0.717) is 5.82 Å². The Bertz CT molecular complexity index is 1060. The van der Waals surface area contributed by atoms with Crippen LogP contribution >= 0.6 is 0 Å². The monoisotopic (exact) mass is 404 g/mol. The molecule has 0 bridgehead atoms. The predicted octanol–water partition coefficient (Wildman–Crippen LogP) is 5.03. The summed E-state index contributed by atoms with van der Waals surface area (Å²) in [6.07, 6.45) is 2.33. The second-order valence-corrected chi connectivity index (χ2v) is 7.44. The lowest BCUT2D eigenvalue weighted by Crippen LogP contribution is -2.21. The van der Waals surface area contributed by atoms with Gasteiger partial charge in [0.25, 0.3) is 5.91 Å². The van der Waals surface area contributed by atoms with Crippen LogP contribution in [0.4, 0.5) is 17.2 Å². The molecule has 6 nitrogen and oxygen atoms in total. The Morgan fingerprint density at radius 2 is 1.83 bits per heavy atom. The van der Waals surface area contributed by atoms with Crippen molar-refractivity contribution in [2.24, 2.45) is 0 Å². The second-order valence-electron chi connectivity index (χ2n) is 7.44. The predicted molar refractivity (Wildman–Crippen MR) is 121 cm³/mol. The summed E-state index contributed by atoms with van der Waals surface area (Å²) in [5, 5.41) is 6.24. The first kappa shape index (κ1) is 21.3. The number of hydrogen-bond donors (Lipinski definition) is 2. The van der Waals surface area contributed by atoms with E-state index in [1.807, 2.05) is 58.0 Å². The number of amides is 1. The number of nitrogens with zero attached hydrogens (tertiary/aromatic N) is 2. The Labute approximate surface area is 177 Å². The van der Waals surface area contributed by atoms with Crippen molar-refractivity contribution in [1.29, 1.82) is 0 Å². The van der Waals surface area contributed by atoms with Crippen LogP contribution in [0.3, 0.4) is 0 Å². The summed E-state index contributed by atoms with van der Waals surface area (Å²) in [5.74, 6) is 1.25. The second kappa shape index (κ2) is 9.39. The Morgan fingerprint density at radius 3 is 2.57 bits per heavy atom. The topological polar surface area (TPSA) is 76.1 Å². The van der Waals surface area contributed by atoms with Crippen molar-refractivity contribution in [3.8, 4) is 5.75 Å². The minimum Gasteiger partial charge on any atom is -0.483 e. The summed E-state index contributed by atoms with van der Waals surface area (Å²) in [5.41, 5.74) is 6.85. The van der Waals surface area contributed by atoms with Crippen molar-refractivity contribution in [3.63, 3.8) is 0 Å². The third kappa shape index (κ3) is 5.35. The van der Waals surface area contributed by atoms with Gasteiger partial charge in [-0.05, 0) is 74.6 Å². The van der Waals surface area contributed by atoms with E-state index < -0.39 is 0 Å². The van der Waals surface area contributed by atoms with E-state index in [0.717, 1.165) is 51.5 Å². The van der Waals surface area contributed by atoms with Crippen LogP contribution in [-0.4, -0.2) is 22.5 Å². The molecule has 0 radical (unpaired) electrons. The first-order chi connectivity index (χ1) is 14.4. The lowest BCUT2D eigenvalue weighted by atomic mass is 10.1. The maximum atomic E-state index is 12.6. The van der Waals surface area contributed by atoms with Gasteiger partial charge in [0.2, 0.25) is 0 Å². The number of ether oxygens (including phenoxy) is 1. The average Bonchev–Trinajstić information content (AvgIpc) is 2.70. The Morgan fingerprint density at radius 1 is 1.03 bits per heavy atom. The molecule has 0 saturated carbocycles. The van der Waals surface area contributed by atoms with Gasteiger partial charge in [-0.1, -0.05) is 19.1 Å². The van der Waals surface area contributed by atoms with E-state index in [9.17, 15) is 4.79 Å². The highest BCUT2D eigenvalue weighted by molar-refractivity contribution is 5.93. The van der Waals surface area contributed by atoms with Crippen LogP contribution in [0.1, 0.15) is 34.9 Å². The normalized spacial score (nSPS) is 10.6. The maximum Gasteiger partial charge on any atom is 0.262 e. The fraction of sp³-hybridized carbons (Fsp3) is 0.292. The van der Waals surface area contributed by atoms with Gasteiger partial charge in [0, 0.05) is 23.1 Å². The van der Waals surface area contributed by atoms with Gasteiger partial charge in [0.1, 0.15) is 17.9 Å². The highest BCUT2D eigenvalue weighted by Crippen LogP contribution is 2.25. The number of rotatable bonds is 7. The van der Waals surface area contributed by atoms with Gasteiger partial charge in [0.05, 0.1) is 0 Å². The lowest BCUT2D eigenvalue weighted by molar-refractivity contribution is -0.118. The van der Waals surface area contributed by atoms with E-state index >= 15 is 0 Å². The van der Waals surface area contributed by atoms with E-state index in [-0.39, 0.29) is 12.5 Å². The molecule has 1 amide bonds. The van der Waals surface area contributed by atoms with Crippen molar-refractivity contribution >= 4 is 23.1 Å². The third-order valence-corrected chi connectivity index (χ3v) is 4.96. The van der Waals surface area contributed by atoms with Gasteiger partial charge < -0.3 is 15.4 Å². The van der Waals surface area contributed by atoms with Gasteiger partial charge in [-0.2, -0.15) is 0 Å². The molecule has 1 aromatic heterocycles. The van der Waals surface area contributed by atoms with Crippen LogP contribution in [0.5, 0.6) is 5.75 Å². The summed E-state index contributed by atoms with van der Waals surface area (Å²) in [7, 11) is 0. The molecule has 156 valence electrons. The molecule has 6 heteroatoms. The van der Waals surface area contributed by atoms with Crippen LogP contribution in [0.2, 0.25) is 0 Å². The molecule has 2 N–H and O–H groups in total. The molecule has 2 aromatic carbocycles. The smallest absolute Gasteiger partial charge is 0.262 e. The summed E-state index contributed by atoms with van der Waals surface area (Å²) >= 11 is 0. The Balaban J connectivity index is 1.71. The average molecular weight is 405 g/mol. The van der Waals surface area contributed by atoms with Crippen LogP contribution in [0.15, 0.2) is 42.7 Å². The molecular weight excluding hydrogens is 376 g/mol. The van der Waals surface area contributed by atoms with Crippen molar-refractivity contribution in [2.75, 3.05) is 17.2 Å². The van der Waals surface area contributed by atoms with E-state index in [4.69, 9.17) is 4.74 Å². The summed E-state index contributed by atoms with van der Waals surface area (Å²) in [4.78, 5) is 20.9. The summed E-state index contributed by atoms with van der Waals surface area (Å²) in [6.45, 7) is 9.99. The summed E-state index contributed by atoms with van der Waals surface area (Å²) < 4.78 is 5.80. The third-order valence-electron chi connectivity index (χ3n) is 4.96. The molecule has 0 atom stereocenters. The molecule has 3 rings (SSSR count). The molecule has 0 unspecified atom stereocenters. The summed E-state index contributed by atoms with van der Waals surface area (Å²) in [6, 6.07) is 11.8. The first-order valence-electron chi connectivity index (χ1n) is 10.0. The standard InChI is InChI=1S/C24H28N4O2/c1-6-19-7-8-20(27-23-11-17(4)25-14-26-23)12-21(19)28-24(29)13-30-22-10-15(2)9-16(3)18(22)5/h7-12,14H,6,13H2,1-5H3,(H,28,29)(H,25,26,27). The van der Waals surface area contributed by atoms with Crippen molar-refractivity contribution in [2.45, 2.75) is 41.0 Å². The number of aromatic nitrogens is 2. The van der Waals surface area contributed by atoms with E-state index in [2.05, 4.69) is 33.6 Å².